The second-order valence-electron chi connectivity index (χ2n) is 6.17. The Hall–Kier alpha value is -1.36. The molecule has 0 saturated carbocycles. The summed E-state index contributed by atoms with van der Waals surface area (Å²) in [5, 5.41) is 5.80. The number of likely N-dealkylation sites (tertiary alicyclic amines) is 1. The van der Waals surface area contributed by atoms with Crippen molar-refractivity contribution in [1.29, 1.82) is 0 Å². The number of nitrogens with one attached hydrogen (secondary N) is 1. The highest BCUT2D eigenvalue weighted by Crippen LogP contribution is 2.29. The summed E-state index contributed by atoms with van der Waals surface area (Å²) in [5.74, 6) is -0.00289. The molecular formula is C19H23ClN2OS. The maximum absolute atomic E-state index is 12.3. The first-order valence-electron chi connectivity index (χ1n) is 8.56. The minimum Gasteiger partial charge on any atom is -0.349 e. The molecule has 5 heteroatoms. The van der Waals surface area contributed by atoms with Gasteiger partial charge in [0.05, 0.1) is 10.9 Å². The molecule has 1 atom stereocenters. The molecule has 24 heavy (non-hydrogen) atoms. The van der Waals surface area contributed by atoms with E-state index in [1.54, 1.807) is 0 Å². The lowest BCUT2D eigenvalue weighted by molar-refractivity contribution is 0.0937. The highest BCUT2D eigenvalue weighted by molar-refractivity contribution is 7.12. The number of carbonyl (C=O) groups excluding carboxylic acids is 1. The van der Waals surface area contributed by atoms with Gasteiger partial charge in [0.1, 0.15) is 0 Å². The van der Waals surface area contributed by atoms with Crippen LogP contribution in [0.15, 0.2) is 41.8 Å². The van der Waals surface area contributed by atoms with Crippen LogP contribution in [0.25, 0.3) is 0 Å². The summed E-state index contributed by atoms with van der Waals surface area (Å²) >= 11 is 7.93. The Bertz CT molecular complexity index is 651. The average Bonchev–Trinajstić information content (AvgIpc) is 3.00. The minimum atomic E-state index is -0.00289. The van der Waals surface area contributed by atoms with Gasteiger partial charge in [-0.15, -0.1) is 11.3 Å². The number of carbonyl (C=O) groups is 1. The highest BCUT2D eigenvalue weighted by Gasteiger charge is 2.24. The molecule has 3 rings (SSSR count). The molecule has 1 aromatic heterocycles. The lowest BCUT2D eigenvalue weighted by Gasteiger charge is -2.31. The van der Waals surface area contributed by atoms with Crippen molar-refractivity contribution in [1.82, 2.24) is 10.2 Å². The zero-order valence-electron chi connectivity index (χ0n) is 13.7. The zero-order chi connectivity index (χ0) is 16.8. The third-order valence-corrected chi connectivity index (χ3v) is 5.76. The van der Waals surface area contributed by atoms with Crippen LogP contribution in [-0.2, 0) is 0 Å². The van der Waals surface area contributed by atoms with Crippen molar-refractivity contribution in [2.24, 2.45) is 0 Å². The van der Waals surface area contributed by atoms with Crippen LogP contribution in [0.2, 0.25) is 5.02 Å². The van der Waals surface area contributed by atoms with Gasteiger partial charge in [0, 0.05) is 11.6 Å². The second kappa shape index (κ2) is 8.65. The number of hydrogen-bond donors (Lipinski definition) is 1. The second-order valence-corrected chi connectivity index (χ2v) is 7.53. The summed E-state index contributed by atoms with van der Waals surface area (Å²) in [6.45, 7) is 2.70. The van der Waals surface area contributed by atoms with Crippen LogP contribution in [0.3, 0.4) is 0 Å². The summed E-state index contributed by atoms with van der Waals surface area (Å²) in [5.41, 5.74) is 1.10. The van der Waals surface area contributed by atoms with Gasteiger partial charge < -0.3 is 5.32 Å². The summed E-state index contributed by atoms with van der Waals surface area (Å²) in [4.78, 5) is 15.6. The third kappa shape index (κ3) is 4.38. The van der Waals surface area contributed by atoms with Crippen LogP contribution in [0.1, 0.15) is 47.0 Å². The molecule has 1 N–H and O–H groups in total. The van der Waals surface area contributed by atoms with E-state index in [1.165, 1.54) is 37.0 Å². The fraction of sp³-hybridized carbons (Fsp3) is 0.421. The van der Waals surface area contributed by atoms with Gasteiger partial charge in [0.2, 0.25) is 0 Å². The molecule has 1 aromatic carbocycles. The van der Waals surface area contributed by atoms with E-state index in [0.29, 0.717) is 6.54 Å². The summed E-state index contributed by atoms with van der Waals surface area (Å²) in [7, 11) is 0. The normalized spacial score (nSPS) is 17.2. The number of amides is 1. The maximum atomic E-state index is 12.3. The van der Waals surface area contributed by atoms with Gasteiger partial charge in [-0.2, -0.15) is 0 Å². The van der Waals surface area contributed by atoms with Crippen LogP contribution >= 0.6 is 22.9 Å². The van der Waals surface area contributed by atoms with Crippen LogP contribution in [0.5, 0.6) is 0 Å². The molecule has 1 saturated heterocycles. The third-order valence-electron chi connectivity index (χ3n) is 4.55. The van der Waals surface area contributed by atoms with E-state index in [9.17, 15) is 4.79 Å². The van der Waals surface area contributed by atoms with Gasteiger partial charge >= 0.3 is 0 Å². The molecule has 3 nitrogen and oxygen atoms in total. The van der Waals surface area contributed by atoms with Gasteiger partial charge in [0.15, 0.2) is 0 Å². The molecular weight excluding hydrogens is 340 g/mol. The van der Waals surface area contributed by atoms with Gasteiger partial charge in [0.25, 0.3) is 5.91 Å². The number of nitrogens with zero attached hydrogens (tertiary/aromatic N) is 1. The van der Waals surface area contributed by atoms with Crippen LogP contribution in [-0.4, -0.2) is 30.4 Å². The minimum absolute atomic E-state index is 0.00289. The first kappa shape index (κ1) is 17.5. The Balaban J connectivity index is 1.76. The van der Waals surface area contributed by atoms with Crippen molar-refractivity contribution >= 4 is 28.8 Å². The SMILES string of the molecule is O=C(NC[C@H](c1ccccc1Cl)N1CCCCCC1)c1cccs1. The highest BCUT2D eigenvalue weighted by atomic mass is 35.5. The summed E-state index contributed by atoms with van der Waals surface area (Å²) in [6.07, 6.45) is 4.99. The van der Waals surface area contributed by atoms with E-state index in [4.69, 9.17) is 11.6 Å². The number of benzene rings is 1. The van der Waals surface area contributed by atoms with Crippen molar-refractivity contribution < 1.29 is 4.79 Å². The van der Waals surface area contributed by atoms with Crippen molar-refractivity contribution in [3.63, 3.8) is 0 Å². The topological polar surface area (TPSA) is 32.3 Å². The first-order chi connectivity index (χ1) is 11.8. The molecule has 1 aliphatic rings. The Morgan fingerprint density at radius 2 is 1.88 bits per heavy atom. The molecule has 1 fully saturated rings. The number of halogens is 1. The van der Waals surface area contributed by atoms with Gasteiger partial charge in [-0.1, -0.05) is 48.7 Å². The summed E-state index contributed by atoms with van der Waals surface area (Å²) < 4.78 is 0. The molecule has 2 aromatic rings. The molecule has 0 bridgehead atoms. The fourth-order valence-electron chi connectivity index (χ4n) is 3.27. The quantitative estimate of drug-likeness (QED) is 0.832. The molecule has 0 unspecified atom stereocenters. The Kier molecular flexibility index (Phi) is 6.30. The summed E-state index contributed by atoms with van der Waals surface area (Å²) in [6, 6.07) is 11.9. The first-order valence-corrected chi connectivity index (χ1v) is 9.81. The van der Waals surface area contributed by atoms with E-state index in [-0.39, 0.29) is 11.9 Å². The smallest absolute Gasteiger partial charge is 0.261 e. The molecule has 128 valence electrons. The zero-order valence-corrected chi connectivity index (χ0v) is 15.3. The van der Waals surface area contributed by atoms with Crippen LogP contribution in [0.4, 0.5) is 0 Å². The van der Waals surface area contributed by atoms with Crippen molar-refractivity contribution in [2.45, 2.75) is 31.7 Å². The van der Waals surface area contributed by atoms with E-state index >= 15 is 0 Å². The lowest BCUT2D eigenvalue weighted by atomic mass is 10.0. The largest absolute Gasteiger partial charge is 0.349 e. The van der Waals surface area contributed by atoms with Gasteiger partial charge in [-0.05, 0) is 49.0 Å². The lowest BCUT2D eigenvalue weighted by Crippen LogP contribution is -2.38. The predicted molar refractivity (Wildman–Crippen MR) is 101 cm³/mol. The molecule has 1 amide bonds. The molecule has 1 aliphatic heterocycles. The number of hydrogen-bond acceptors (Lipinski definition) is 3. The van der Waals surface area contributed by atoms with E-state index in [1.807, 2.05) is 35.7 Å². The number of rotatable bonds is 5. The molecule has 2 heterocycles. The van der Waals surface area contributed by atoms with Crippen molar-refractivity contribution in [3.8, 4) is 0 Å². The van der Waals surface area contributed by atoms with Gasteiger partial charge in [-0.25, -0.2) is 0 Å². The standard InChI is InChI=1S/C19H23ClN2OS/c20-16-9-4-3-8-15(16)17(22-11-5-1-2-6-12-22)14-21-19(23)18-10-7-13-24-18/h3-4,7-10,13,17H,1-2,5-6,11-12,14H2,(H,21,23)/t17-/m1/s1. The Morgan fingerprint density at radius 1 is 1.12 bits per heavy atom. The van der Waals surface area contributed by atoms with E-state index in [0.717, 1.165) is 28.6 Å². The van der Waals surface area contributed by atoms with Crippen LogP contribution < -0.4 is 5.32 Å². The molecule has 0 radical (unpaired) electrons. The Morgan fingerprint density at radius 3 is 2.54 bits per heavy atom. The van der Waals surface area contributed by atoms with Gasteiger partial charge in [-0.3, -0.25) is 9.69 Å². The number of thiophene rings is 1. The van der Waals surface area contributed by atoms with Crippen LogP contribution in [0, 0.1) is 0 Å². The van der Waals surface area contributed by atoms with E-state index in [2.05, 4.69) is 16.3 Å². The van der Waals surface area contributed by atoms with Crippen molar-refractivity contribution in [3.05, 3.63) is 57.2 Å². The molecule has 0 aliphatic carbocycles. The monoisotopic (exact) mass is 362 g/mol. The Labute approximate surface area is 152 Å². The van der Waals surface area contributed by atoms with E-state index < -0.39 is 0 Å². The van der Waals surface area contributed by atoms with Crippen molar-refractivity contribution in [2.75, 3.05) is 19.6 Å². The average molecular weight is 363 g/mol. The maximum Gasteiger partial charge on any atom is 0.261 e. The fourth-order valence-corrected chi connectivity index (χ4v) is 4.17. The molecule has 0 spiro atoms. The predicted octanol–water partition coefficient (Wildman–Crippen LogP) is 4.75.